The first-order valence-corrected chi connectivity index (χ1v) is 5.02. The second-order valence-electron chi connectivity index (χ2n) is 3.13. The van der Waals surface area contributed by atoms with E-state index < -0.39 is 0 Å². The summed E-state index contributed by atoms with van der Waals surface area (Å²) in [6.07, 6.45) is 0. The zero-order chi connectivity index (χ0) is 11.3. The maximum atomic E-state index is 11.3. The predicted octanol–water partition coefficient (Wildman–Crippen LogP) is 1.73. The molecule has 4 N–H and O–H groups in total. The average molecular weight is 228 g/mol. The van der Waals surface area contributed by atoms with Crippen molar-refractivity contribution in [2.45, 2.75) is 6.92 Å². The lowest BCUT2D eigenvalue weighted by Gasteiger charge is -2.09. The van der Waals surface area contributed by atoms with E-state index in [0.717, 1.165) is 5.56 Å². The average Bonchev–Trinajstić information content (AvgIpc) is 2.20. The molecule has 0 aromatic heterocycles. The summed E-state index contributed by atoms with van der Waals surface area (Å²) in [5.74, 6) is 0. The van der Waals surface area contributed by atoms with Crippen molar-refractivity contribution in [1.82, 2.24) is 5.32 Å². The highest BCUT2D eigenvalue weighted by Crippen LogP contribution is 2.19. The molecule has 0 saturated heterocycles. The molecule has 2 amide bonds. The Balaban J connectivity index is 2.63. The molecule has 4 nitrogen and oxygen atoms in total. The van der Waals surface area contributed by atoms with Crippen LogP contribution in [0.25, 0.3) is 0 Å². The van der Waals surface area contributed by atoms with E-state index in [1.807, 2.05) is 13.0 Å². The van der Waals surface area contributed by atoms with Gasteiger partial charge in [0.15, 0.2) is 0 Å². The standard InChI is InChI=1S/C10H14ClN3O/c1-7-2-3-8(11)6-9(7)14-10(15)13-5-4-12/h2-3,6H,4-5,12H2,1H3,(H2,13,14,15). The first-order valence-electron chi connectivity index (χ1n) is 4.64. The maximum Gasteiger partial charge on any atom is 0.319 e. The van der Waals surface area contributed by atoms with Crippen LogP contribution in [-0.2, 0) is 0 Å². The van der Waals surface area contributed by atoms with Crippen LogP contribution in [0.2, 0.25) is 5.02 Å². The minimum absolute atomic E-state index is 0.272. The van der Waals surface area contributed by atoms with Crippen molar-refractivity contribution in [1.29, 1.82) is 0 Å². The van der Waals surface area contributed by atoms with Crippen molar-refractivity contribution >= 4 is 23.3 Å². The van der Waals surface area contributed by atoms with Gasteiger partial charge in [0.05, 0.1) is 0 Å². The fourth-order valence-electron chi connectivity index (χ4n) is 1.08. The van der Waals surface area contributed by atoms with Gasteiger partial charge in [-0.05, 0) is 24.6 Å². The van der Waals surface area contributed by atoms with E-state index in [1.165, 1.54) is 0 Å². The minimum Gasteiger partial charge on any atom is -0.337 e. The van der Waals surface area contributed by atoms with Crippen LogP contribution in [0.1, 0.15) is 5.56 Å². The lowest BCUT2D eigenvalue weighted by molar-refractivity contribution is 0.252. The van der Waals surface area contributed by atoms with E-state index in [4.69, 9.17) is 17.3 Å². The summed E-state index contributed by atoms with van der Waals surface area (Å²) in [6, 6.07) is 5.06. The Morgan fingerprint density at radius 3 is 2.93 bits per heavy atom. The molecule has 15 heavy (non-hydrogen) atoms. The number of carbonyl (C=O) groups excluding carboxylic acids is 1. The molecule has 5 heteroatoms. The van der Waals surface area contributed by atoms with Crippen molar-refractivity contribution < 1.29 is 4.79 Å². The number of amides is 2. The largest absolute Gasteiger partial charge is 0.337 e. The monoisotopic (exact) mass is 227 g/mol. The molecule has 1 aromatic carbocycles. The number of nitrogens with two attached hydrogens (primary N) is 1. The normalized spacial score (nSPS) is 9.80. The first kappa shape index (κ1) is 11.8. The Kier molecular flexibility index (Phi) is 4.39. The van der Waals surface area contributed by atoms with E-state index >= 15 is 0 Å². The number of nitrogens with one attached hydrogen (secondary N) is 2. The smallest absolute Gasteiger partial charge is 0.319 e. The van der Waals surface area contributed by atoms with E-state index in [0.29, 0.717) is 23.8 Å². The van der Waals surface area contributed by atoms with Gasteiger partial charge in [-0.3, -0.25) is 0 Å². The Hall–Kier alpha value is -1.26. The molecule has 0 aliphatic heterocycles. The molecule has 0 bridgehead atoms. The van der Waals surface area contributed by atoms with Crippen LogP contribution in [-0.4, -0.2) is 19.1 Å². The number of rotatable bonds is 3. The van der Waals surface area contributed by atoms with Gasteiger partial charge in [0, 0.05) is 23.8 Å². The number of urea groups is 1. The number of carbonyl (C=O) groups is 1. The lowest BCUT2D eigenvalue weighted by atomic mass is 10.2. The molecule has 82 valence electrons. The molecule has 1 aromatic rings. The molecule has 0 aliphatic carbocycles. The highest BCUT2D eigenvalue weighted by Gasteiger charge is 2.03. The fourth-order valence-corrected chi connectivity index (χ4v) is 1.25. The molecule has 0 fully saturated rings. The van der Waals surface area contributed by atoms with Gasteiger partial charge in [-0.25, -0.2) is 4.79 Å². The van der Waals surface area contributed by atoms with Gasteiger partial charge < -0.3 is 16.4 Å². The molecule has 0 unspecified atom stereocenters. The molecule has 0 saturated carbocycles. The molecule has 0 aliphatic rings. The summed E-state index contributed by atoms with van der Waals surface area (Å²) in [5, 5.41) is 5.90. The Labute approximate surface area is 93.8 Å². The van der Waals surface area contributed by atoms with Crippen molar-refractivity contribution in [3.05, 3.63) is 28.8 Å². The van der Waals surface area contributed by atoms with E-state index in [9.17, 15) is 4.79 Å². The van der Waals surface area contributed by atoms with Gasteiger partial charge in [0.2, 0.25) is 0 Å². The third-order valence-electron chi connectivity index (χ3n) is 1.88. The van der Waals surface area contributed by atoms with Gasteiger partial charge in [0.1, 0.15) is 0 Å². The van der Waals surface area contributed by atoms with E-state index in [1.54, 1.807) is 12.1 Å². The third-order valence-corrected chi connectivity index (χ3v) is 2.11. The second kappa shape index (κ2) is 5.58. The molecular weight excluding hydrogens is 214 g/mol. The summed E-state index contributed by atoms with van der Waals surface area (Å²) in [7, 11) is 0. The van der Waals surface area contributed by atoms with Gasteiger partial charge in [-0.15, -0.1) is 0 Å². The van der Waals surface area contributed by atoms with Crippen LogP contribution in [0, 0.1) is 6.92 Å². The maximum absolute atomic E-state index is 11.3. The number of hydrogen-bond acceptors (Lipinski definition) is 2. The molecule has 1 rings (SSSR count). The van der Waals surface area contributed by atoms with Gasteiger partial charge >= 0.3 is 6.03 Å². The van der Waals surface area contributed by atoms with E-state index in [2.05, 4.69) is 10.6 Å². The Bertz CT molecular complexity index is 355. The molecule has 0 heterocycles. The fraction of sp³-hybridized carbons (Fsp3) is 0.300. The second-order valence-corrected chi connectivity index (χ2v) is 3.57. The summed E-state index contributed by atoms with van der Waals surface area (Å²) in [4.78, 5) is 11.3. The van der Waals surface area contributed by atoms with Crippen molar-refractivity contribution in [3.8, 4) is 0 Å². The molecular formula is C10H14ClN3O. The third kappa shape index (κ3) is 3.77. The number of hydrogen-bond donors (Lipinski definition) is 3. The zero-order valence-corrected chi connectivity index (χ0v) is 9.27. The van der Waals surface area contributed by atoms with Crippen LogP contribution in [0.4, 0.5) is 10.5 Å². The quantitative estimate of drug-likeness (QED) is 0.736. The summed E-state index contributed by atoms with van der Waals surface area (Å²) in [5.41, 5.74) is 6.93. The number of halogens is 1. The zero-order valence-electron chi connectivity index (χ0n) is 8.51. The predicted molar refractivity (Wildman–Crippen MR) is 62.3 cm³/mol. The van der Waals surface area contributed by atoms with Crippen LogP contribution in [0.15, 0.2) is 18.2 Å². The Morgan fingerprint density at radius 1 is 1.53 bits per heavy atom. The number of anilines is 1. The summed E-state index contributed by atoms with van der Waals surface area (Å²) >= 11 is 5.81. The van der Waals surface area contributed by atoms with Crippen LogP contribution >= 0.6 is 11.6 Å². The van der Waals surface area contributed by atoms with Crippen LogP contribution in [0.5, 0.6) is 0 Å². The summed E-state index contributed by atoms with van der Waals surface area (Å²) in [6.45, 7) is 2.77. The summed E-state index contributed by atoms with van der Waals surface area (Å²) < 4.78 is 0. The van der Waals surface area contributed by atoms with Crippen LogP contribution in [0.3, 0.4) is 0 Å². The van der Waals surface area contributed by atoms with Gasteiger partial charge in [-0.1, -0.05) is 17.7 Å². The van der Waals surface area contributed by atoms with Gasteiger partial charge in [-0.2, -0.15) is 0 Å². The number of aryl methyl sites for hydroxylation is 1. The van der Waals surface area contributed by atoms with E-state index in [-0.39, 0.29) is 6.03 Å². The highest BCUT2D eigenvalue weighted by atomic mass is 35.5. The highest BCUT2D eigenvalue weighted by molar-refractivity contribution is 6.31. The molecule has 0 spiro atoms. The minimum atomic E-state index is -0.272. The molecule has 0 atom stereocenters. The molecule has 0 radical (unpaired) electrons. The van der Waals surface area contributed by atoms with Crippen molar-refractivity contribution in [2.24, 2.45) is 5.73 Å². The van der Waals surface area contributed by atoms with Crippen LogP contribution < -0.4 is 16.4 Å². The number of benzene rings is 1. The lowest BCUT2D eigenvalue weighted by Crippen LogP contribution is -2.33. The first-order chi connectivity index (χ1) is 7.13. The van der Waals surface area contributed by atoms with Crippen molar-refractivity contribution in [3.63, 3.8) is 0 Å². The Morgan fingerprint density at radius 2 is 2.27 bits per heavy atom. The topological polar surface area (TPSA) is 67.2 Å². The SMILES string of the molecule is Cc1ccc(Cl)cc1NC(=O)NCCN. The van der Waals surface area contributed by atoms with Gasteiger partial charge in [0.25, 0.3) is 0 Å². The van der Waals surface area contributed by atoms with Crippen molar-refractivity contribution in [2.75, 3.05) is 18.4 Å².